The van der Waals surface area contributed by atoms with Gasteiger partial charge in [-0.25, -0.2) is 0 Å². The predicted molar refractivity (Wildman–Crippen MR) is 86.7 cm³/mol. The number of aldehydes is 1. The molecule has 5 nitrogen and oxygen atoms in total. The Kier molecular flexibility index (Phi) is 5.01. The third-order valence-electron chi connectivity index (χ3n) is 4.51. The van der Waals surface area contributed by atoms with Crippen molar-refractivity contribution in [2.75, 3.05) is 13.1 Å². The van der Waals surface area contributed by atoms with Crippen LogP contribution < -0.4 is 0 Å². The van der Waals surface area contributed by atoms with Crippen LogP contribution in [-0.4, -0.2) is 40.4 Å². The molecule has 2 aromatic rings. The van der Waals surface area contributed by atoms with Gasteiger partial charge in [0, 0.05) is 13.1 Å². The van der Waals surface area contributed by atoms with E-state index in [2.05, 4.69) is 10.2 Å². The lowest BCUT2D eigenvalue weighted by atomic mass is 9.86. The van der Waals surface area contributed by atoms with Crippen molar-refractivity contribution in [3.63, 3.8) is 0 Å². The number of piperidine rings is 1. The van der Waals surface area contributed by atoms with Crippen molar-refractivity contribution in [2.24, 2.45) is 0 Å². The SMILES string of the molecule is O=Cc1ccc(C(=O)N2CCC(c3ccccc3C(F)(F)F)CC2)nn1. The van der Waals surface area contributed by atoms with Gasteiger partial charge in [-0.3, -0.25) is 9.59 Å². The Hall–Kier alpha value is -2.77. The third-order valence-corrected chi connectivity index (χ3v) is 4.51. The Morgan fingerprint density at radius 1 is 1.08 bits per heavy atom. The van der Waals surface area contributed by atoms with E-state index in [9.17, 15) is 22.8 Å². The summed E-state index contributed by atoms with van der Waals surface area (Å²) in [5, 5.41) is 7.35. The highest BCUT2D eigenvalue weighted by Gasteiger charge is 2.36. The molecule has 0 bridgehead atoms. The van der Waals surface area contributed by atoms with E-state index in [0.29, 0.717) is 32.2 Å². The van der Waals surface area contributed by atoms with Crippen LogP contribution in [0.2, 0.25) is 0 Å². The molecule has 26 heavy (non-hydrogen) atoms. The van der Waals surface area contributed by atoms with Gasteiger partial charge < -0.3 is 4.90 Å². The van der Waals surface area contributed by atoms with E-state index in [-0.39, 0.29) is 28.8 Å². The van der Waals surface area contributed by atoms with Gasteiger partial charge in [0.15, 0.2) is 12.0 Å². The molecule has 0 unspecified atom stereocenters. The number of halogens is 3. The summed E-state index contributed by atoms with van der Waals surface area (Å²) in [4.78, 5) is 24.6. The molecule has 0 aliphatic carbocycles. The van der Waals surface area contributed by atoms with Gasteiger partial charge in [0.25, 0.3) is 5.91 Å². The van der Waals surface area contributed by atoms with Crippen molar-refractivity contribution in [3.05, 3.63) is 58.9 Å². The first-order chi connectivity index (χ1) is 12.4. The molecule has 0 radical (unpaired) electrons. The maximum atomic E-state index is 13.2. The summed E-state index contributed by atoms with van der Waals surface area (Å²) in [6, 6.07) is 8.41. The minimum atomic E-state index is -4.39. The molecule has 3 rings (SSSR count). The average Bonchev–Trinajstić information content (AvgIpc) is 2.67. The number of carbonyl (C=O) groups is 2. The number of rotatable bonds is 3. The van der Waals surface area contributed by atoms with Crippen molar-refractivity contribution in [1.82, 2.24) is 15.1 Å². The second-order valence-corrected chi connectivity index (χ2v) is 6.11. The van der Waals surface area contributed by atoms with E-state index < -0.39 is 11.7 Å². The molecule has 8 heteroatoms. The van der Waals surface area contributed by atoms with E-state index in [4.69, 9.17) is 0 Å². The summed E-state index contributed by atoms with van der Waals surface area (Å²) in [6.07, 6.45) is -2.97. The van der Waals surface area contributed by atoms with E-state index >= 15 is 0 Å². The minimum Gasteiger partial charge on any atom is -0.337 e. The largest absolute Gasteiger partial charge is 0.416 e. The van der Waals surface area contributed by atoms with Gasteiger partial charge in [-0.15, -0.1) is 10.2 Å². The van der Waals surface area contributed by atoms with Crippen LogP contribution in [0.1, 0.15) is 50.9 Å². The molecule has 2 heterocycles. The number of nitrogens with zero attached hydrogens (tertiary/aromatic N) is 3. The van der Waals surface area contributed by atoms with Gasteiger partial charge in [0.2, 0.25) is 0 Å². The zero-order valence-electron chi connectivity index (χ0n) is 13.7. The molecule has 0 atom stereocenters. The van der Waals surface area contributed by atoms with E-state index in [1.54, 1.807) is 11.0 Å². The average molecular weight is 363 g/mol. The highest BCUT2D eigenvalue weighted by atomic mass is 19.4. The van der Waals surface area contributed by atoms with Gasteiger partial charge in [0.05, 0.1) is 5.56 Å². The Bertz CT molecular complexity index is 798. The van der Waals surface area contributed by atoms with Gasteiger partial charge in [-0.05, 0) is 42.5 Å². The van der Waals surface area contributed by atoms with E-state index in [0.717, 1.165) is 6.07 Å². The minimum absolute atomic E-state index is 0.116. The van der Waals surface area contributed by atoms with Crippen LogP contribution in [0.25, 0.3) is 0 Å². The Balaban J connectivity index is 1.69. The third kappa shape index (κ3) is 3.74. The highest BCUT2D eigenvalue weighted by molar-refractivity contribution is 5.92. The number of aromatic nitrogens is 2. The van der Waals surface area contributed by atoms with Crippen molar-refractivity contribution in [2.45, 2.75) is 24.9 Å². The predicted octanol–water partition coefficient (Wildman–Crippen LogP) is 3.33. The molecule has 136 valence electrons. The molecular weight excluding hydrogens is 347 g/mol. The lowest BCUT2D eigenvalue weighted by Gasteiger charge is -2.33. The summed E-state index contributed by atoms with van der Waals surface area (Å²) >= 11 is 0. The summed E-state index contributed by atoms with van der Waals surface area (Å²) in [5.41, 5.74) is -0.0870. The molecule has 0 spiro atoms. The molecule has 1 aromatic heterocycles. The van der Waals surface area contributed by atoms with Crippen LogP contribution in [0.4, 0.5) is 13.2 Å². The van der Waals surface area contributed by atoms with Gasteiger partial charge in [-0.2, -0.15) is 13.2 Å². The molecule has 1 fully saturated rings. The first-order valence-corrected chi connectivity index (χ1v) is 8.14. The lowest BCUT2D eigenvalue weighted by Crippen LogP contribution is -2.38. The topological polar surface area (TPSA) is 63.2 Å². The number of likely N-dealkylation sites (tertiary alicyclic amines) is 1. The summed E-state index contributed by atoms with van der Waals surface area (Å²) in [6.45, 7) is 0.680. The number of hydrogen-bond donors (Lipinski definition) is 0. The molecule has 1 amide bonds. The first-order valence-electron chi connectivity index (χ1n) is 8.14. The molecule has 0 saturated carbocycles. The standard InChI is InChI=1S/C18H16F3N3O2/c19-18(20,21)15-4-2-1-3-14(15)12-7-9-24(10-8-12)17(26)16-6-5-13(11-25)22-23-16/h1-6,11-12H,7-10H2. The second kappa shape index (κ2) is 7.23. The van der Waals surface area contributed by atoms with Crippen molar-refractivity contribution in [1.29, 1.82) is 0 Å². The zero-order chi connectivity index (χ0) is 18.7. The van der Waals surface area contributed by atoms with Crippen LogP contribution in [0.15, 0.2) is 36.4 Å². The summed E-state index contributed by atoms with van der Waals surface area (Å²) in [7, 11) is 0. The number of amides is 1. The quantitative estimate of drug-likeness (QED) is 0.785. The van der Waals surface area contributed by atoms with Crippen LogP contribution in [0, 0.1) is 0 Å². The molecule has 1 aliphatic rings. The highest BCUT2D eigenvalue weighted by Crippen LogP contribution is 2.38. The Labute approximate surface area is 147 Å². The second-order valence-electron chi connectivity index (χ2n) is 6.11. The van der Waals surface area contributed by atoms with Crippen LogP contribution >= 0.6 is 0 Å². The fourth-order valence-electron chi connectivity index (χ4n) is 3.19. The first kappa shape index (κ1) is 18.0. The smallest absolute Gasteiger partial charge is 0.337 e. The molecule has 1 saturated heterocycles. The fraction of sp³-hybridized carbons (Fsp3) is 0.333. The van der Waals surface area contributed by atoms with Gasteiger partial charge in [0.1, 0.15) is 5.69 Å². The number of hydrogen-bond acceptors (Lipinski definition) is 4. The number of carbonyl (C=O) groups excluding carboxylic acids is 2. The fourth-order valence-corrected chi connectivity index (χ4v) is 3.19. The maximum Gasteiger partial charge on any atom is 0.416 e. The van der Waals surface area contributed by atoms with Crippen molar-refractivity contribution < 1.29 is 22.8 Å². The van der Waals surface area contributed by atoms with Crippen LogP contribution in [0.5, 0.6) is 0 Å². The van der Waals surface area contributed by atoms with E-state index in [1.165, 1.54) is 24.3 Å². The zero-order valence-corrected chi connectivity index (χ0v) is 13.7. The number of benzene rings is 1. The van der Waals surface area contributed by atoms with Crippen LogP contribution in [-0.2, 0) is 6.18 Å². The van der Waals surface area contributed by atoms with Crippen molar-refractivity contribution in [3.8, 4) is 0 Å². The van der Waals surface area contributed by atoms with Crippen molar-refractivity contribution >= 4 is 12.2 Å². The van der Waals surface area contributed by atoms with Gasteiger partial charge >= 0.3 is 6.18 Å². The normalized spacial score (nSPS) is 15.7. The van der Waals surface area contributed by atoms with E-state index in [1.807, 2.05) is 0 Å². The molecule has 0 N–H and O–H groups in total. The Morgan fingerprint density at radius 2 is 1.77 bits per heavy atom. The molecule has 1 aromatic carbocycles. The Morgan fingerprint density at radius 3 is 2.35 bits per heavy atom. The summed E-state index contributed by atoms with van der Waals surface area (Å²) in [5.74, 6) is -0.585. The lowest BCUT2D eigenvalue weighted by molar-refractivity contribution is -0.138. The monoisotopic (exact) mass is 363 g/mol. The van der Waals surface area contributed by atoms with Crippen LogP contribution in [0.3, 0.4) is 0 Å². The van der Waals surface area contributed by atoms with Gasteiger partial charge in [-0.1, -0.05) is 18.2 Å². The maximum absolute atomic E-state index is 13.2. The number of alkyl halides is 3. The molecular formula is C18H16F3N3O2. The summed E-state index contributed by atoms with van der Waals surface area (Å²) < 4.78 is 39.6. The molecule has 1 aliphatic heterocycles.